The van der Waals surface area contributed by atoms with Crippen molar-refractivity contribution in [1.82, 2.24) is 9.78 Å². The molecule has 0 radical (unpaired) electrons. The molecule has 166 valence electrons. The minimum absolute atomic E-state index is 0.00749. The Morgan fingerprint density at radius 3 is 2.56 bits per heavy atom. The van der Waals surface area contributed by atoms with Crippen LogP contribution in [0.4, 0.5) is 17.1 Å². The number of nitrogens with zero attached hydrogens (tertiary/aromatic N) is 4. The fourth-order valence-electron chi connectivity index (χ4n) is 2.62. The van der Waals surface area contributed by atoms with E-state index >= 15 is 0 Å². The van der Waals surface area contributed by atoms with Gasteiger partial charge in [-0.3, -0.25) is 25.0 Å². The van der Waals surface area contributed by atoms with Crippen LogP contribution in [0.1, 0.15) is 17.4 Å². The van der Waals surface area contributed by atoms with E-state index in [1.54, 1.807) is 6.92 Å². The summed E-state index contributed by atoms with van der Waals surface area (Å²) in [6.07, 6.45) is 1.46. The molecule has 3 aromatic rings. The van der Waals surface area contributed by atoms with Crippen molar-refractivity contribution >= 4 is 34.6 Å². The van der Waals surface area contributed by atoms with Crippen molar-refractivity contribution in [3.8, 4) is 11.5 Å². The van der Waals surface area contributed by atoms with Crippen molar-refractivity contribution < 1.29 is 24.1 Å². The van der Waals surface area contributed by atoms with Gasteiger partial charge in [-0.15, -0.1) is 0 Å². The lowest BCUT2D eigenvalue weighted by Crippen LogP contribution is -2.15. The van der Waals surface area contributed by atoms with Crippen molar-refractivity contribution in [3.05, 3.63) is 79.6 Å². The Bertz CT molecular complexity index is 1180. The number of halogens is 1. The van der Waals surface area contributed by atoms with Crippen LogP contribution in [0.15, 0.2) is 48.7 Å². The van der Waals surface area contributed by atoms with E-state index < -0.39 is 15.8 Å². The monoisotopic (exact) mass is 461 g/mol. The van der Waals surface area contributed by atoms with E-state index in [0.717, 1.165) is 6.07 Å². The molecule has 1 N–H and O–H groups in total. The van der Waals surface area contributed by atoms with Crippen LogP contribution in [0.25, 0.3) is 0 Å². The number of hydrogen-bond acceptors (Lipinski definition) is 8. The van der Waals surface area contributed by atoms with E-state index in [1.807, 2.05) is 0 Å². The first-order valence-electron chi connectivity index (χ1n) is 9.11. The standard InChI is InChI=1S/C19H16ClN5O7/c1-2-31-13-4-5-15(17(10-13)25(29)30)21-19(26)16-7-8-23(22-16)11-32-18-6-3-12(24(27)28)9-14(18)20/h3-10H,2,11H2,1H3,(H,21,26). The summed E-state index contributed by atoms with van der Waals surface area (Å²) in [7, 11) is 0. The first-order valence-corrected chi connectivity index (χ1v) is 9.49. The van der Waals surface area contributed by atoms with Gasteiger partial charge in [0.1, 0.15) is 17.2 Å². The van der Waals surface area contributed by atoms with Crippen LogP contribution < -0.4 is 14.8 Å². The van der Waals surface area contributed by atoms with Crippen molar-refractivity contribution in [2.75, 3.05) is 11.9 Å². The van der Waals surface area contributed by atoms with Gasteiger partial charge in [-0.05, 0) is 31.2 Å². The molecule has 0 aliphatic rings. The van der Waals surface area contributed by atoms with Crippen LogP contribution >= 0.6 is 11.6 Å². The van der Waals surface area contributed by atoms with Crippen molar-refractivity contribution in [3.63, 3.8) is 0 Å². The van der Waals surface area contributed by atoms with Crippen LogP contribution in [0.3, 0.4) is 0 Å². The summed E-state index contributed by atoms with van der Waals surface area (Å²) in [6.45, 7) is 1.96. The molecule has 0 aliphatic heterocycles. The fourth-order valence-corrected chi connectivity index (χ4v) is 2.85. The smallest absolute Gasteiger partial charge is 0.296 e. The van der Waals surface area contributed by atoms with E-state index in [-0.39, 0.29) is 40.3 Å². The minimum atomic E-state index is -0.663. The predicted molar refractivity (Wildman–Crippen MR) is 113 cm³/mol. The summed E-state index contributed by atoms with van der Waals surface area (Å²) < 4.78 is 12.0. The molecular formula is C19H16ClN5O7. The molecule has 1 heterocycles. The predicted octanol–water partition coefficient (Wildman–Crippen LogP) is 4.04. The lowest BCUT2D eigenvalue weighted by molar-refractivity contribution is -0.384. The molecule has 0 spiro atoms. The minimum Gasteiger partial charge on any atom is -0.494 e. The number of anilines is 1. The molecule has 0 saturated carbocycles. The maximum absolute atomic E-state index is 12.5. The second-order valence-electron chi connectivity index (χ2n) is 6.21. The Balaban J connectivity index is 1.67. The van der Waals surface area contributed by atoms with Gasteiger partial charge in [-0.2, -0.15) is 5.10 Å². The average Bonchev–Trinajstić information content (AvgIpc) is 3.23. The van der Waals surface area contributed by atoms with Crippen molar-refractivity contribution in [1.29, 1.82) is 0 Å². The molecule has 0 atom stereocenters. The highest BCUT2D eigenvalue weighted by molar-refractivity contribution is 6.32. The number of benzene rings is 2. The number of non-ortho nitro benzene ring substituents is 1. The van der Waals surface area contributed by atoms with Crippen LogP contribution in [0, 0.1) is 20.2 Å². The summed E-state index contributed by atoms with van der Waals surface area (Å²) >= 11 is 5.97. The van der Waals surface area contributed by atoms with Gasteiger partial charge in [-0.25, -0.2) is 4.68 Å². The topological polar surface area (TPSA) is 152 Å². The first-order chi connectivity index (χ1) is 15.3. The van der Waals surface area contributed by atoms with Crippen molar-refractivity contribution in [2.45, 2.75) is 13.7 Å². The molecule has 32 heavy (non-hydrogen) atoms. The Hall–Kier alpha value is -4.19. The van der Waals surface area contributed by atoms with Gasteiger partial charge in [0.25, 0.3) is 17.3 Å². The van der Waals surface area contributed by atoms with Crippen molar-refractivity contribution in [2.24, 2.45) is 0 Å². The third-order valence-electron chi connectivity index (χ3n) is 4.08. The molecule has 13 heteroatoms. The number of carbonyl (C=O) groups is 1. The maximum Gasteiger partial charge on any atom is 0.296 e. The molecule has 0 saturated heterocycles. The molecule has 1 amide bonds. The summed E-state index contributed by atoms with van der Waals surface area (Å²) in [6, 6.07) is 9.25. The van der Waals surface area contributed by atoms with Gasteiger partial charge in [0.2, 0.25) is 0 Å². The molecule has 3 rings (SSSR count). The zero-order valence-electron chi connectivity index (χ0n) is 16.6. The quantitative estimate of drug-likeness (QED) is 0.370. The van der Waals surface area contributed by atoms with Gasteiger partial charge < -0.3 is 14.8 Å². The summed E-state index contributed by atoms with van der Waals surface area (Å²) in [5, 5.41) is 28.6. The Morgan fingerprint density at radius 1 is 1.12 bits per heavy atom. The largest absolute Gasteiger partial charge is 0.494 e. The number of nitrogens with one attached hydrogen (secondary N) is 1. The zero-order chi connectivity index (χ0) is 23.3. The molecule has 0 unspecified atom stereocenters. The second kappa shape index (κ2) is 9.75. The van der Waals surface area contributed by atoms with Gasteiger partial charge in [0, 0.05) is 18.3 Å². The number of hydrogen-bond donors (Lipinski definition) is 1. The number of ether oxygens (including phenoxy) is 2. The van der Waals surface area contributed by atoms with Gasteiger partial charge in [0.05, 0.1) is 27.5 Å². The molecule has 0 fully saturated rings. The highest BCUT2D eigenvalue weighted by Gasteiger charge is 2.19. The highest BCUT2D eigenvalue weighted by atomic mass is 35.5. The number of amides is 1. The van der Waals surface area contributed by atoms with Gasteiger partial charge >= 0.3 is 0 Å². The molecule has 0 aliphatic carbocycles. The molecule has 0 bridgehead atoms. The number of nitro groups is 2. The number of carbonyl (C=O) groups excluding carboxylic acids is 1. The zero-order valence-corrected chi connectivity index (χ0v) is 17.3. The fraction of sp³-hybridized carbons (Fsp3) is 0.158. The van der Waals surface area contributed by atoms with E-state index in [2.05, 4.69) is 10.4 Å². The van der Waals surface area contributed by atoms with E-state index in [0.29, 0.717) is 12.4 Å². The summed E-state index contributed by atoms with van der Waals surface area (Å²) in [4.78, 5) is 33.3. The second-order valence-corrected chi connectivity index (χ2v) is 6.62. The van der Waals surface area contributed by atoms with Crippen LogP contribution in [0.5, 0.6) is 11.5 Å². The van der Waals surface area contributed by atoms with E-state index in [4.69, 9.17) is 21.1 Å². The van der Waals surface area contributed by atoms with Gasteiger partial charge in [-0.1, -0.05) is 11.6 Å². The summed E-state index contributed by atoms with van der Waals surface area (Å²) in [5.41, 5.74) is -0.512. The van der Waals surface area contributed by atoms with Crippen LogP contribution in [0.2, 0.25) is 5.02 Å². The van der Waals surface area contributed by atoms with E-state index in [9.17, 15) is 25.0 Å². The Morgan fingerprint density at radius 2 is 1.91 bits per heavy atom. The lowest BCUT2D eigenvalue weighted by atomic mass is 10.2. The molecule has 12 nitrogen and oxygen atoms in total. The SMILES string of the molecule is CCOc1ccc(NC(=O)c2ccn(COc3ccc([N+](=O)[O-])cc3Cl)n2)c([N+](=O)[O-])c1. The first kappa shape index (κ1) is 22.5. The third-order valence-corrected chi connectivity index (χ3v) is 4.37. The Kier molecular flexibility index (Phi) is 6.85. The third kappa shape index (κ3) is 5.29. The highest BCUT2D eigenvalue weighted by Crippen LogP contribution is 2.30. The number of nitro benzene ring substituents is 2. The number of aromatic nitrogens is 2. The molecule has 2 aromatic carbocycles. The normalized spacial score (nSPS) is 10.4. The Labute approximate surface area is 185 Å². The van der Waals surface area contributed by atoms with Crippen LogP contribution in [-0.4, -0.2) is 32.1 Å². The average molecular weight is 462 g/mol. The molecular weight excluding hydrogens is 446 g/mol. The van der Waals surface area contributed by atoms with Crippen LogP contribution in [-0.2, 0) is 6.73 Å². The van der Waals surface area contributed by atoms with E-state index in [1.165, 1.54) is 47.3 Å². The lowest BCUT2D eigenvalue weighted by Gasteiger charge is -2.08. The summed E-state index contributed by atoms with van der Waals surface area (Å²) in [5.74, 6) is -0.156. The molecule has 1 aromatic heterocycles. The number of rotatable bonds is 9. The van der Waals surface area contributed by atoms with Gasteiger partial charge in [0.15, 0.2) is 12.4 Å². The maximum atomic E-state index is 12.5.